The van der Waals surface area contributed by atoms with Gasteiger partial charge in [-0.3, -0.25) is 4.79 Å². The van der Waals surface area contributed by atoms with Gasteiger partial charge in [0.25, 0.3) is 5.91 Å². The standard InChI is InChI=1S/C26H32FN3O4/c27-22-14-21(26(33)30-19-10-12-20(13-11-19)34-16-25(31)32)23(28-17-8-4-5-9-17)15-24(22)29-18-6-2-1-3-7-18/h10-15,17-18,28-29H,1-9,16H2,(H,30,33)(H,31,32). The number of rotatable bonds is 9. The predicted molar refractivity (Wildman–Crippen MR) is 130 cm³/mol. The van der Waals surface area contributed by atoms with Gasteiger partial charge in [0.2, 0.25) is 0 Å². The molecule has 7 nitrogen and oxygen atoms in total. The van der Waals surface area contributed by atoms with Gasteiger partial charge >= 0.3 is 5.97 Å². The highest BCUT2D eigenvalue weighted by molar-refractivity contribution is 6.08. The number of nitrogens with one attached hydrogen (secondary N) is 3. The summed E-state index contributed by atoms with van der Waals surface area (Å²) < 4.78 is 20.2. The molecule has 4 rings (SSSR count). The highest BCUT2D eigenvalue weighted by Crippen LogP contribution is 2.31. The molecule has 0 atom stereocenters. The topological polar surface area (TPSA) is 99.7 Å². The molecule has 2 saturated carbocycles. The third-order valence-electron chi connectivity index (χ3n) is 6.51. The Balaban J connectivity index is 1.51. The van der Waals surface area contributed by atoms with Gasteiger partial charge in [0.1, 0.15) is 11.6 Å². The van der Waals surface area contributed by atoms with Gasteiger partial charge in [-0.1, -0.05) is 32.1 Å². The molecular weight excluding hydrogens is 437 g/mol. The van der Waals surface area contributed by atoms with Gasteiger partial charge in [-0.2, -0.15) is 0 Å². The Kier molecular flexibility index (Phi) is 7.87. The largest absolute Gasteiger partial charge is 0.482 e. The summed E-state index contributed by atoms with van der Waals surface area (Å²) in [4.78, 5) is 23.8. The van der Waals surface area contributed by atoms with Crippen LogP contribution in [-0.2, 0) is 4.79 Å². The summed E-state index contributed by atoms with van der Waals surface area (Å²) in [6.07, 6.45) is 9.91. The number of carbonyl (C=O) groups is 2. The normalized spacial score (nSPS) is 16.7. The van der Waals surface area contributed by atoms with Crippen molar-refractivity contribution >= 4 is 28.9 Å². The molecule has 0 aliphatic heterocycles. The van der Waals surface area contributed by atoms with Crippen LogP contribution in [0.2, 0.25) is 0 Å². The molecule has 34 heavy (non-hydrogen) atoms. The molecule has 2 fully saturated rings. The van der Waals surface area contributed by atoms with Crippen LogP contribution in [0.15, 0.2) is 36.4 Å². The number of amides is 1. The molecule has 2 aliphatic rings. The molecule has 0 heterocycles. The third kappa shape index (κ3) is 6.40. The molecule has 0 spiro atoms. The molecule has 0 aromatic heterocycles. The number of hydrogen-bond acceptors (Lipinski definition) is 5. The maximum absolute atomic E-state index is 15.1. The first-order valence-corrected chi connectivity index (χ1v) is 12.1. The van der Waals surface area contributed by atoms with E-state index in [1.54, 1.807) is 30.3 Å². The van der Waals surface area contributed by atoms with E-state index in [0.717, 1.165) is 51.4 Å². The number of hydrogen-bond donors (Lipinski definition) is 4. The quantitative estimate of drug-likeness (QED) is 0.379. The zero-order valence-corrected chi connectivity index (χ0v) is 19.2. The summed E-state index contributed by atoms with van der Waals surface area (Å²) >= 11 is 0. The van der Waals surface area contributed by atoms with Crippen molar-refractivity contribution in [3.63, 3.8) is 0 Å². The predicted octanol–water partition coefficient (Wildman–Crippen LogP) is 5.64. The number of carbonyl (C=O) groups excluding carboxylic acids is 1. The minimum Gasteiger partial charge on any atom is -0.482 e. The second-order valence-electron chi connectivity index (χ2n) is 9.14. The van der Waals surface area contributed by atoms with E-state index in [0.29, 0.717) is 22.8 Å². The van der Waals surface area contributed by atoms with Crippen LogP contribution < -0.4 is 20.7 Å². The Morgan fingerprint density at radius 1 is 0.882 bits per heavy atom. The third-order valence-corrected chi connectivity index (χ3v) is 6.51. The van der Waals surface area contributed by atoms with Gasteiger partial charge in [0, 0.05) is 23.5 Å². The fourth-order valence-electron chi connectivity index (χ4n) is 4.73. The molecule has 2 aliphatic carbocycles. The SMILES string of the molecule is O=C(O)COc1ccc(NC(=O)c2cc(F)c(NC3CCCCC3)cc2NC2CCCC2)cc1. The fourth-order valence-corrected chi connectivity index (χ4v) is 4.73. The minimum absolute atomic E-state index is 0.254. The summed E-state index contributed by atoms with van der Waals surface area (Å²) in [7, 11) is 0. The highest BCUT2D eigenvalue weighted by atomic mass is 19.1. The Morgan fingerprint density at radius 3 is 2.09 bits per heavy atom. The number of halogens is 1. The van der Waals surface area contributed by atoms with Crippen molar-refractivity contribution in [1.82, 2.24) is 0 Å². The van der Waals surface area contributed by atoms with Crippen LogP contribution in [0, 0.1) is 5.82 Å². The first-order chi connectivity index (χ1) is 16.5. The molecular formula is C26H32FN3O4. The van der Waals surface area contributed by atoms with E-state index < -0.39 is 24.3 Å². The zero-order chi connectivity index (χ0) is 23.9. The van der Waals surface area contributed by atoms with E-state index in [-0.39, 0.29) is 17.6 Å². The Morgan fingerprint density at radius 2 is 1.47 bits per heavy atom. The van der Waals surface area contributed by atoms with Crippen LogP contribution in [0.5, 0.6) is 5.75 Å². The van der Waals surface area contributed by atoms with Gasteiger partial charge in [-0.05, 0) is 62.1 Å². The van der Waals surface area contributed by atoms with E-state index in [9.17, 15) is 9.59 Å². The summed E-state index contributed by atoms with van der Waals surface area (Å²) in [5, 5.41) is 18.3. The number of carboxylic acid groups (broad SMARTS) is 1. The van der Waals surface area contributed by atoms with Crippen molar-refractivity contribution in [3.8, 4) is 5.75 Å². The van der Waals surface area contributed by atoms with Crippen molar-refractivity contribution in [2.24, 2.45) is 0 Å². The molecule has 182 valence electrons. The average Bonchev–Trinajstić information content (AvgIpc) is 3.34. The van der Waals surface area contributed by atoms with E-state index in [4.69, 9.17) is 9.84 Å². The minimum atomic E-state index is -1.07. The Hall–Kier alpha value is -3.29. The average molecular weight is 470 g/mol. The Bertz CT molecular complexity index is 1000. The lowest BCUT2D eigenvalue weighted by Gasteiger charge is -2.25. The van der Waals surface area contributed by atoms with Crippen LogP contribution in [0.1, 0.15) is 68.1 Å². The molecule has 0 saturated heterocycles. The van der Waals surface area contributed by atoms with E-state index in [1.165, 1.54) is 12.5 Å². The van der Waals surface area contributed by atoms with Gasteiger partial charge in [-0.25, -0.2) is 9.18 Å². The number of aliphatic carboxylic acids is 1. The van der Waals surface area contributed by atoms with Crippen molar-refractivity contribution < 1.29 is 23.8 Å². The lowest BCUT2D eigenvalue weighted by atomic mass is 9.95. The van der Waals surface area contributed by atoms with E-state index >= 15 is 4.39 Å². The van der Waals surface area contributed by atoms with Crippen molar-refractivity contribution in [2.45, 2.75) is 69.9 Å². The van der Waals surface area contributed by atoms with Gasteiger partial charge in [0.15, 0.2) is 6.61 Å². The number of benzene rings is 2. The van der Waals surface area contributed by atoms with Crippen LogP contribution >= 0.6 is 0 Å². The molecule has 0 bridgehead atoms. The maximum Gasteiger partial charge on any atom is 0.341 e. The summed E-state index contributed by atoms with van der Waals surface area (Å²) in [6, 6.07) is 9.96. The molecule has 2 aromatic carbocycles. The summed E-state index contributed by atoms with van der Waals surface area (Å²) in [5.41, 5.74) is 1.82. The van der Waals surface area contributed by atoms with E-state index in [2.05, 4.69) is 16.0 Å². The van der Waals surface area contributed by atoms with Crippen LogP contribution in [-0.4, -0.2) is 35.7 Å². The molecule has 2 aromatic rings. The van der Waals surface area contributed by atoms with Gasteiger partial charge < -0.3 is 25.8 Å². The number of carboxylic acids is 1. The number of anilines is 3. The maximum atomic E-state index is 15.1. The first-order valence-electron chi connectivity index (χ1n) is 12.1. The lowest BCUT2D eigenvalue weighted by Crippen LogP contribution is -2.24. The van der Waals surface area contributed by atoms with Gasteiger partial charge in [-0.15, -0.1) is 0 Å². The molecule has 0 unspecified atom stereocenters. The summed E-state index contributed by atoms with van der Waals surface area (Å²) in [5.74, 6) is -1.54. The van der Waals surface area contributed by atoms with Crippen molar-refractivity contribution in [2.75, 3.05) is 22.6 Å². The van der Waals surface area contributed by atoms with Crippen LogP contribution in [0.4, 0.5) is 21.5 Å². The van der Waals surface area contributed by atoms with E-state index in [1.807, 2.05) is 0 Å². The second kappa shape index (κ2) is 11.2. The van der Waals surface area contributed by atoms with Crippen LogP contribution in [0.3, 0.4) is 0 Å². The first kappa shape index (κ1) is 23.9. The molecule has 1 amide bonds. The highest BCUT2D eigenvalue weighted by Gasteiger charge is 2.22. The van der Waals surface area contributed by atoms with Crippen molar-refractivity contribution in [3.05, 3.63) is 47.8 Å². The second-order valence-corrected chi connectivity index (χ2v) is 9.14. The zero-order valence-electron chi connectivity index (χ0n) is 19.2. The van der Waals surface area contributed by atoms with Crippen molar-refractivity contribution in [1.29, 1.82) is 0 Å². The molecule has 0 radical (unpaired) electrons. The van der Waals surface area contributed by atoms with Crippen LogP contribution in [0.25, 0.3) is 0 Å². The molecule has 4 N–H and O–H groups in total. The Labute approximate surface area is 199 Å². The van der Waals surface area contributed by atoms with Gasteiger partial charge in [0.05, 0.1) is 11.3 Å². The smallest absolute Gasteiger partial charge is 0.341 e. The lowest BCUT2D eigenvalue weighted by molar-refractivity contribution is -0.139. The summed E-state index contributed by atoms with van der Waals surface area (Å²) in [6.45, 7) is -0.442. The monoisotopic (exact) mass is 469 g/mol. The fraction of sp³-hybridized carbons (Fsp3) is 0.462. The molecule has 8 heteroatoms. The number of ether oxygens (including phenoxy) is 1.